The van der Waals surface area contributed by atoms with Crippen LogP contribution in [0.5, 0.6) is 0 Å². The maximum Gasteiger partial charge on any atom is 0.272 e. The zero-order valence-corrected chi connectivity index (χ0v) is 13.8. The van der Waals surface area contributed by atoms with Crippen molar-refractivity contribution in [3.8, 4) is 0 Å². The van der Waals surface area contributed by atoms with Crippen molar-refractivity contribution in [3.05, 3.63) is 17.5 Å². The van der Waals surface area contributed by atoms with Gasteiger partial charge in [-0.15, -0.1) is 0 Å². The van der Waals surface area contributed by atoms with E-state index in [1.54, 1.807) is 4.68 Å². The third kappa shape index (κ3) is 2.90. The van der Waals surface area contributed by atoms with Crippen molar-refractivity contribution in [1.29, 1.82) is 0 Å². The van der Waals surface area contributed by atoms with E-state index in [4.69, 9.17) is 4.74 Å². The summed E-state index contributed by atoms with van der Waals surface area (Å²) in [6.07, 6.45) is 1.20. The van der Waals surface area contributed by atoms with Gasteiger partial charge in [0, 0.05) is 25.7 Å². The van der Waals surface area contributed by atoms with E-state index in [1.165, 1.54) is 6.42 Å². The maximum absolute atomic E-state index is 12.9. The first kappa shape index (κ1) is 15.5. The number of ether oxygens (including phenoxy) is 1. The number of aryl methyl sites for hydroxylation is 1. The van der Waals surface area contributed by atoms with E-state index in [0.29, 0.717) is 37.4 Å². The van der Waals surface area contributed by atoms with E-state index in [-0.39, 0.29) is 5.91 Å². The number of hydrogen-bond acceptors (Lipinski definition) is 4. The molecule has 0 N–H and O–H groups in total. The predicted octanol–water partition coefficient (Wildman–Crippen LogP) is 1.00. The second-order valence-corrected chi connectivity index (χ2v) is 6.40. The molecular formula is C16H26N4O2. The van der Waals surface area contributed by atoms with Crippen LogP contribution in [0, 0.1) is 12.8 Å². The fourth-order valence-electron chi connectivity index (χ4n) is 3.68. The molecule has 6 heteroatoms. The number of rotatable bonds is 5. The summed E-state index contributed by atoms with van der Waals surface area (Å²) in [6, 6.07) is 2.43. The van der Waals surface area contributed by atoms with Gasteiger partial charge >= 0.3 is 0 Å². The monoisotopic (exact) mass is 306 g/mol. The lowest BCUT2D eigenvalue weighted by molar-refractivity contribution is 0.0756. The number of fused-ring (bicyclic) bond motifs is 1. The molecule has 0 aliphatic carbocycles. The highest BCUT2D eigenvalue weighted by atomic mass is 16.5. The van der Waals surface area contributed by atoms with Gasteiger partial charge in [0.25, 0.3) is 5.91 Å². The van der Waals surface area contributed by atoms with Crippen LogP contribution < -0.4 is 0 Å². The molecule has 0 unspecified atom stereocenters. The fraction of sp³-hybridized carbons (Fsp3) is 0.750. The quantitative estimate of drug-likeness (QED) is 0.762. The van der Waals surface area contributed by atoms with E-state index in [2.05, 4.69) is 17.0 Å². The number of hydrogen-bond donors (Lipinski definition) is 0. The molecule has 122 valence electrons. The molecule has 2 atom stereocenters. The summed E-state index contributed by atoms with van der Waals surface area (Å²) in [5, 5.41) is 4.44. The van der Waals surface area contributed by atoms with E-state index in [9.17, 15) is 4.79 Å². The Morgan fingerprint density at radius 3 is 3.00 bits per heavy atom. The Labute approximate surface area is 132 Å². The Balaban J connectivity index is 1.70. The summed E-state index contributed by atoms with van der Waals surface area (Å²) >= 11 is 0. The zero-order chi connectivity index (χ0) is 15.7. The van der Waals surface area contributed by atoms with Gasteiger partial charge in [-0.05, 0) is 45.8 Å². The number of carbonyl (C=O) groups is 1. The lowest BCUT2D eigenvalue weighted by Crippen LogP contribution is -2.36. The molecule has 1 aromatic heterocycles. The molecule has 2 saturated heterocycles. The molecule has 2 aliphatic heterocycles. The second kappa shape index (κ2) is 6.38. The summed E-state index contributed by atoms with van der Waals surface area (Å²) in [5.41, 5.74) is 1.58. The normalized spacial score (nSPS) is 25.0. The van der Waals surface area contributed by atoms with Crippen LogP contribution in [-0.2, 0) is 11.3 Å². The van der Waals surface area contributed by atoms with Gasteiger partial charge < -0.3 is 14.5 Å². The van der Waals surface area contributed by atoms with Crippen molar-refractivity contribution in [2.75, 3.05) is 39.9 Å². The molecule has 2 aliphatic rings. The van der Waals surface area contributed by atoms with Crippen LogP contribution in [-0.4, -0.2) is 71.4 Å². The van der Waals surface area contributed by atoms with Crippen molar-refractivity contribution in [1.82, 2.24) is 19.6 Å². The molecular weight excluding hydrogens is 280 g/mol. The standard InChI is InChI=1S/C16H26N4O2/c1-4-22-8-7-20-14(9-12(2)17-20)16(21)19-10-13-5-6-18(3)15(13)11-19/h9,13,15H,4-8,10-11H2,1-3H3/t13-,15+/m1/s1. The Morgan fingerprint density at radius 1 is 1.45 bits per heavy atom. The minimum atomic E-state index is 0.111. The van der Waals surface area contributed by atoms with E-state index < -0.39 is 0 Å². The molecule has 0 aromatic carbocycles. The summed E-state index contributed by atoms with van der Waals surface area (Å²) in [7, 11) is 2.16. The average Bonchev–Trinajstić information content (AvgIpc) is 3.15. The zero-order valence-electron chi connectivity index (χ0n) is 13.8. The number of aromatic nitrogens is 2. The largest absolute Gasteiger partial charge is 0.380 e. The van der Waals surface area contributed by atoms with Crippen LogP contribution in [0.25, 0.3) is 0 Å². The number of likely N-dealkylation sites (N-methyl/N-ethyl adjacent to an activating group) is 1. The smallest absolute Gasteiger partial charge is 0.272 e. The highest BCUT2D eigenvalue weighted by molar-refractivity contribution is 5.93. The molecule has 6 nitrogen and oxygen atoms in total. The lowest BCUT2D eigenvalue weighted by Gasteiger charge is -2.21. The Kier molecular flexibility index (Phi) is 4.49. The summed E-state index contributed by atoms with van der Waals surface area (Å²) in [5.74, 6) is 0.745. The van der Waals surface area contributed by atoms with E-state index in [0.717, 1.165) is 25.3 Å². The average molecular weight is 306 g/mol. The van der Waals surface area contributed by atoms with Gasteiger partial charge in [-0.1, -0.05) is 0 Å². The van der Waals surface area contributed by atoms with Gasteiger partial charge in [-0.3, -0.25) is 9.48 Å². The number of amides is 1. The SMILES string of the molecule is CCOCCn1nc(C)cc1C(=O)N1C[C@H]2CCN(C)[C@H]2C1. The first-order valence-electron chi connectivity index (χ1n) is 8.22. The van der Waals surface area contributed by atoms with Crippen molar-refractivity contribution < 1.29 is 9.53 Å². The maximum atomic E-state index is 12.9. The number of carbonyl (C=O) groups excluding carboxylic acids is 1. The van der Waals surface area contributed by atoms with Gasteiger partial charge in [0.1, 0.15) is 5.69 Å². The lowest BCUT2D eigenvalue weighted by atomic mass is 10.1. The topological polar surface area (TPSA) is 50.6 Å². The Morgan fingerprint density at radius 2 is 2.27 bits per heavy atom. The summed E-state index contributed by atoms with van der Waals surface area (Å²) in [6.45, 7) is 8.68. The van der Waals surface area contributed by atoms with Gasteiger partial charge in [0.05, 0.1) is 18.8 Å². The highest BCUT2D eigenvalue weighted by Crippen LogP contribution is 2.31. The number of likely N-dealkylation sites (tertiary alicyclic amines) is 2. The second-order valence-electron chi connectivity index (χ2n) is 6.40. The Hall–Kier alpha value is -1.40. The molecule has 1 amide bonds. The summed E-state index contributed by atoms with van der Waals surface area (Å²) < 4.78 is 7.19. The van der Waals surface area contributed by atoms with Crippen LogP contribution in [0.2, 0.25) is 0 Å². The Bertz CT molecular complexity index is 542. The predicted molar refractivity (Wildman–Crippen MR) is 83.9 cm³/mol. The van der Waals surface area contributed by atoms with Crippen LogP contribution in [0.15, 0.2) is 6.07 Å². The molecule has 0 spiro atoms. The summed E-state index contributed by atoms with van der Waals surface area (Å²) in [4.78, 5) is 17.2. The first-order valence-corrected chi connectivity index (χ1v) is 8.22. The van der Waals surface area contributed by atoms with Crippen LogP contribution >= 0.6 is 0 Å². The van der Waals surface area contributed by atoms with Gasteiger partial charge in [-0.2, -0.15) is 5.10 Å². The third-order valence-electron chi connectivity index (χ3n) is 4.89. The van der Waals surface area contributed by atoms with Crippen LogP contribution in [0.3, 0.4) is 0 Å². The van der Waals surface area contributed by atoms with Gasteiger partial charge in [0.2, 0.25) is 0 Å². The van der Waals surface area contributed by atoms with Gasteiger partial charge in [-0.25, -0.2) is 0 Å². The molecule has 0 saturated carbocycles. The first-order chi connectivity index (χ1) is 10.6. The van der Waals surface area contributed by atoms with Crippen LogP contribution in [0.4, 0.5) is 0 Å². The van der Waals surface area contributed by atoms with Crippen molar-refractivity contribution in [3.63, 3.8) is 0 Å². The number of nitrogens with zero attached hydrogens (tertiary/aromatic N) is 4. The van der Waals surface area contributed by atoms with Crippen molar-refractivity contribution in [2.45, 2.75) is 32.9 Å². The third-order valence-corrected chi connectivity index (χ3v) is 4.89. The molecule has 1 aromatic rings. The van der Waals surface area contributed by atoms with Crippen LogP contribution in [0.1, 0.15) is 29.5 Å². The highest BCUT2D eigenvalue weighted by Gasteiger charge is 2.41. The van der Waals surface area contributed by atoms with Gasteiger partial charge in [0.15, 0.2) is 0 Å². The molecule has 3 heterocycles. The minimum Gasteiger partial charge on any atom is -0.380 e. The molecule has 3 rings (SSSR count). The van der Waals surface area contributed by atoms with Crippen molar-refractivity contribution in [2.24, 2.45) is 5.92 Å². The van der Waals surface area contributed by atoms with E-state index >= 15 is 0 Å². The molecule has 0 bridgehead atoms. The van der Waals surface area contributed by atoms with E-state index in [1.807, 2.05) is 24.8 Å². The van der Waals surface area contributed by atoms with Crippen molar-refractivity contribution >= 4 is 5.91 Å². The minimum absolute atomic E-state index is 0.111. The molecule has 2 fully saturated rings. The fourth-order valence-corrected chi connectivity index (χ4v) is 3.68. The molecule has 22 heavy (non-hydrogen) atoms. The molecule has 0 radical (unpaired) electrons.